The fourth-order valence-corrected chi connectivity index (χ4v) is 1.81. The lowest BCUT2D eigenvalue weighted by Gasteiger charge is -2.04. The average Bonchev–Trinajstić information content (AvgIpc) is 2.98. The summed E-state index contributed by atoms with van der Waals surface area (Å²) in [7, 11) is 0. The summed E-state index contributed by atoms with van der Waals surface area (Å²) < 4.78 is 3.99. The number of imidazole rings is 1. The minimum atomic E-state index is 0.721. The second kappa shape index (κ2) is 6.30. The molecule has 0 fully saturated rings. The van der Waals surface area contributed by atoms with Crippen LogP contribution in [0.5, 0.6) is 0 Å². The minimum Gasteiger partial charge on any atom is -0.330 e. The maximum atomic E-state index is 4.35. The number of hydrogen-bond donors (Lipinski definition) is 1. The van der Waals surface area contributed by atoms with E-state index in [2.05, 4.69) is 34.2 Å². The lowest BCUT2D eigenvalue weighted by atomic mass is 10.4. The first kappa shape index (κ1) is 12.8. The summed E-state index contributed by atoms with van der Waals surface area (Å²) in [4.78, 5) is 8.64. The second-order valence-corrected chi connectivity index (χ2v) is 4.22. The van der Waals surface area contributed by atoms with Crippen LogP contribution in [0.3, 0.4) is 0 Å². The van der Waals surface area contributed by atoms with Gasteiger partial charge < -0.3 is 9.88 Å². The van der Waals surface area contributed by atoms with E-state index < -0.39 is 0 Å². The Morgan fingerprint density at radius 1 is 1.28 bits per heavy atom. The van der Waals surface area contributed by atoms with Crippen molar-refractivity contribution in [2.45, 2.75) is 39.9 Å². The van der Waals surface area contributed by atoms with Gasteiger partial charge in [-0.1, -0.05) is 13.8 Å². The summed E-state index contributed by atoms with van der Waals surface area (Å²) in [6.07, 6.45) is 6.57. The van der Waals surface area contributed by atoms with Gasteiger partial charge in [0, 0.05) is 19.3 Å². The van der Waals surface area contributed by atoms with E-state index in [0.29, 0.717) is 0 Å². The molecule has 0 amide bonds. The standard InChI is InChI=1S/C12H20N6/c1-3-5-18-12(14-9-16-18)8-17-7-11(15-10-17)6-13-4-2/h7,9-10,13H,3-6,8H2,1-2H3. The van der Waals surface area contributed by atoms with Crippen LogP contribution in [-0.4, -0.2) is 30.9 Å². The Morgan fingerprint density at radius 2 is 2.17 bits per heavy atom. The predicted octanol–water partition coefficient (Wildman–Crippen LogP) is 1.04. The molecular formula is C12H20N6. The first-order chi connectivity index (χ1) is 8.83. The van der Waals surface area contributed by atoms with Gasteiger partial charge >= 0.3 is 0 Å². The van der Waals surface area contributed by atoms with Crippen LogP contribution in [0.1, 0.15) is 31.8 Å². The van der Waals surface area contributed by atoms with E-state index >= 15 is 0 Å². The summed E-state index contributed by atoms with van der Waals surface area (Å²) in [5.74, 6) is 0.976. The molecular weight excluding hydrogens is 228 g/mol. The van der Waals surface area contributed by atoms with Gasteiger partial charge in [0.2, 0.25) is 0 Å². The van der Waals surface area contributed by atoms with Crippen LogP contribution >= 0.6 is 0 Å². The minimum absolute atomic E-state index is 0.721. The van der Waals surface area contributed by atoms with E-state index in [1.807, 2.05) is 21.8 Å². The molecule has 0 aliphatic carbocycles. The third-order valence-electron chi connectivity index (χ3n) is 2.70. The lowest BCUT2D eigenvalue weighted by Crippen LogP contribution is -2.12. The molecule has 0 saturated carbocycles. The number of aryl methyl sites for hydroxylation is 1. The fourth-order valence-electron chi connectivity index (χ4n) is 1.81. The highest BCUT2D eigenvalue weighted by atomic mass is 15.3. The van der Waals surface area contributed by atoms with Crippen molar-refractivity contribution in [1.82, 2.24) is 29.6 Å². The molecule has 0 aliphatic rings. The van der Waals surface area contributed by atoms with E-state index in [-0.39, 0.29) is 0 Å². The number of aromatic nitrogens is 5. The van der Waals surface area contributed by atoms with Crippen molar-refractivity contribution < 1.29 is 0 Å². The van der Waals surface area contributed by atoms with Gasteiger partial charge in [0.1, 0.15) is 12.2 Å². The Morgan fingerprint density at radius 3 is 2.94 bits per heavy atom. The van der Waals surface area contributed by atoms with E-state index in [9.17, 15) is 0 Å². The molecule has 2 rings (SSSR count). The van der Waals surface area contributed by atoms with Crippen molar-refractivity contribution in [3.8, 4) is 0 Å². The fraction of sp³-hybridized carbons (Fsp3) is 0.583. The van der Waals surface area contributed by atoms with Crippen LogP contribution in [0.4, 0.5) is 0 Å². The molecule has 0 aliphatic heterocycles. The quantitative estimate of drug-likeness (QED) is 0.795. The molecule has 0 radical (unpaired) electrons. The maximum Gasteiger partial charge on any atom is 0.146 e. The topological polar surface area (TPSA) is 60.6 Å². The lowest BCUT2D eigenvalue weighted by molar-refractivity contribution is 0.554. The molecule has 0 aromatic carbocycles. The first-order valence-electron chi connectivity index (χ1n) is 6.41. The molecule has 0 spiro atoms. The molecule has 0 bridgehead atoms. The van der Waals surface area contributed by atoms with Gasteiger partial charge in [-0.05, 0) is 13.0 Å². The SMILES string of the molecule is CCCn1ncnc1Cn1cnc(CNCC)c1. The third kappa shape index (κ3) is 3.16. The summed E-state index contributed by atoms with van der Waals surface area (Å²) >= 11 is 0. The summed E-state index contributed by atoms with van der Waals surface area (Å²) in [6, 6.07) is 0. The zero-order valence-corrected chi connectivity index (χ0v) is 11.0. The Hall–Kier alpha value is -1.69. The predicted molar refractivity (Wildman–Crippen MR) is 69.0 cm³/mol. The van der Waals surface area contributed by atoms with Crippen LogP contribution in [0.2, 0.25) is 0 Å². The smallest absolute Gasteiger partial charge is 0.146 e. The number of hydrogen-bond acceptors (Lipinski definition) is 4. The normalized spacial score (nSPS) is 11.0. The highest BCUT2D eigenvalue weighted by Gasteiger charge is 2.05. The molecule has 2 heterocycles. The zero-order chi connectivity index (χ0) is 12.8. The second-order valence-electron chi connectivity index (χ2n) is 4.22. The molecule has 0 atom stereocenters. The van der Waals surface area contributed by atoms with Crippen molar-refractivity contribution in [3.63, 3.8) is 0 Å². The molecule has 6 nitrogen and oxygen atoms in total. The van der Waals surface area contributed by atoms with E-state index in [0.717, 1.165) is 44.1 Å². The number of rotatable bonds is 7. The highest BCUT2D eigenvalue weighted by Crippen LogP contribution is 2.02. The molecule has 18 heavy (non-hydrogen) atoms. The van der Waals surface area contributed by atoms with Gasteiger partial charge in [0.05, 0.1) is 18.6 Å². The van der Waals surface area contributed by atoms with Crippen molar-refractivity contribution >= 4 is 0 Å². The largest absolute Gasteiger partial charge is 0.330 e. The van der Waals surface area contributed by atoms with Crippen LogP contribution in [-0.2, 0) is 19.6 Å². The molecule has 2 aromatic rings. The first-order valence-corrected chi connectivity index (χ1v) is 6.41. The Kier molecular flexibility index (Phi) is 4.46. The monoisotopic (exact) mass is 248 g/mol. The van der Waals surface area contributed by atoms with E-state index in [4.69, 9.17) is 0 Å². The molecule has 0 saturated heterocycles. The Balaban J connectivity index is 1.99. The van der Waals surface area contributed by atoms with Crippen LogP contribution in [0, 0.1) is 0 Å². The van der Waals surface area contributed by atoms with Crippen molar-refractivity contribution in [3.05, 3.63) is 30.4 Å². The highest BCUT2D eigenvalue weighted by molar-refractivity contribution is 4.98. The van der Waals surface area contributed by atoms with Gasteiger partial charge in [-0.3, -0.25) is 0 Å². The van der Waals surface area contributed by atoms with E-state index in [1.54, 1.807) is 6.33 Å². The Bertz CT molecular complexity index is 472. The molecule has 0 unspecified atom stereocenters. The molecule has 98 valence electrons. The maximum absolute atomic E-state index is 4.35. The van der Waals surface area contributed by atoms with Gasteiger partial charge in [-0.25, -0.2) is 14.6 Å². The van der Waals surface area contributed by atoms with Crippen molar-refractivity contribution in [2.75, 3.05) is 6.54 Å². The average molecular weight is 248 g/mol. The number of nitrogens with one attached hydrogen (secondary N) is 1. The van der Waals surface area contributed by atoms with Crippen LogP contribution in [0.15, 0.2) is 18.9 Å². The van der Waals surface area contributed by atoms with Crippen LogP contribution in [0.25, 0.3) is 0 Å². The van der Waals surface area contributed by atoms with Crippen molar-refractivity contribution in [1.29, 1.82) is 0 Å². The number of nitrogens with zero attached hydrogens (tertiary/aromatic N) is 5. The van der Waals surface area contributed by atoms with Gasteiger partial charge in [-0.2, -0.15) is 5.10 Å². The molecule has 1 N–H and O–H groups in total. The van der Waals surface area contributed by atoms with Gasteiger partial charge in [0.25, 0.3) is 0 Å². The molecule has 6 heteroatoms. The summed E-state index contributed by atoms with van der Waals surface area (Å²) in [5.41, 5.74) is 1.05. The van der Waals surface area contributed by atoms with Crippen molar-refractivity contribution in [2.24, 2.45) is 0 Å². The zero-order valence-electron chi connectivity index (χ0n) is 11.0. The Labute approximate surface area is 107 Å². The van der Waals surface area contributed by atoms with Crippen LogP contribution < -0.4 is 5.32 Å². The summed E-state index contributed by atoms with van der Waals surface area (Å²) in [6.45, 7) is 7.62. The third-order valence-corrected chi connectivity index (χ3v) is 2.70. The van der Waals surface area contributed by atoms with Gasteiger partial charge in [-0.15, -0.1) is 0 Å². The van der Waals surface area contributed by atoms with Gasteiger partial charge in [0.15, 0.2) is 0 Å². The molecule has 2 aromatic heterocycles. The van der Waals surface area contributed by atoms with E-state index in [1.165, 1.54) is 0 Å². The summed E-state index contributed by atoms with van der Waals surface area (Å²) in [5, 5.41) is 7.48.